The molecule has 142 valence electrons. The van der Waals surface area contributed by atoms with Gasteiger partial charge in [-0.05, 0) is 39.8 Å². The number of carbonyl (C=O) groups is 2. The molecule has 0 saturated heterocycles. The Bertz CT molecular complexity index is 1110. The molecule has 0 aliphatic rings. The van der Waals surface area contributed by atoms with E-state index >= 15 is 0 Å². The summed E-state index contributed by atoms with van der Waals surface area (Å²) in [6.07, 6.45) is 0. The van der Waals surface area contributed by atoms with E-state index in [1.165, 1.54) is 0 Å². The second kappa shape index (κ2) is 7.31. The molecule has 3 aromatic rings. The van der Waals surface area contributed by atoms with Crippen molar-refractivity contribution in [2.24, 2.45) is 0 Å². The largest absolute Gasteiger partial charge is 0.422 e. The molecule has 0 radical (unpaired) electrons. The number of esters is 2. The minimum Gasteiger partial charge on any atom is -0.422 e. The van der Waals surface area contributed by atoms with Crippen molar-refractivity contribution >= 4 is 33.5 Å². The molecule has 0 unspecified atom stereocenters. The highest BCUT2D eigenvalue weighted by Crippen LogP contribution is 2.44. The standard InChI is InChI=1S/C24H22O4/c1-13(2)23(25)27-21-17-9-7-15(5)11-19(17)22(28-24(26)14(3)4)20-12-16(6)8-10-18(20)21/h7-12H,1,3H2,2,4-6H3. The van der Waals surface area contributed by atoms with Crippen LogP contribution in [-0.2, 0) is 9.59 Å². The second-order valence-corrected chi connectivity index (χ2v) is 7.10. The first-order valence-electron chi connectivity index (χ1n) is 8.91. The number of hydrogen-bond acceptors (Lipinski definition) is 4. The smallest absolute Gasteiger partial charge is 0.338 e. The van der Waals surface area contributed by atoms with Gasteiger partial charge in [-0.25, -0.2) is 9.59 Å². The molecule has 0 bridgehead atoms. The number of aryl methyl sites for hydroxylation is 2. The van der Waals surface area contributed by atoms with Gasteiger partial charge in [0.25, 0.3) is 0 Å². The lowest BCUT2D eigenvalue weighted by Gasteiger charge is -2.17. The second-order valence-electron chi connectivity index (χ2n) is 7.10. The molecule has 0 atom stereocenters. The Morgan fingerprint density at radius 3 is 1.39 bits per heavy atom. The van der Waals surface area contributed by atoms with Crippen molar-refractivity contribution in [3.8, 4) is 11.5 Å². The van der Waals surface area contributed by atoms with Gasteiger partial charge in [-0.2, -0.15) is 0 Å². The quantitative estimate of drug-likeness (QED) is 0.259. The zero-order valence-electron chi connectivity index (χ0n) is 16.5. The molecule has 0 aliphatic carbocycles. The van der Waals surface area contributed by atoms with Crippen molar-refractivity contribution in [2.45, 2.75) is 27.7 Å². The minimum absolute atomic E-state index is 0.304. The van der Waals surface area contributed by atoms with Gasteiger partial charge < -0.3 is 9.47 Å². The van der Waals surface area contributed by atoms with Crippen LogP contribution in [0.5, 0.6) is 11.5 Å². The first-order valence-corrected chi connectivity index (χ1v) is 8.91. The first-order chi connectivity index (χ1) is 13.2. The summed E-state index contributed by atoms with van der Waals surface area (Å²) in [6, 6.07) is 11.4. The Morgan fingerprint density at radius 2 is 1.04 bits per heavy atom. The third-order valence-corrected chi connectivity index (χ3v) is 4.42. The van der Waals surface area contributed by atoms with Gasteiger partial charge in [0.05, 0.1) is 0 Å². The molecule has 0 amide bonds. The Morgan fingerprint density at radius 1 is 0.679 bits per heavy atom. The Balaban J connectivity index is 2.43. The van der Waals surface area contributed by atoms with Crippen LogP contribution in [0.25, 0.3) is 21.5 Å². The Labute approximate surface area is 164 Å². The van der Waals surface area contributed by atoms with Gasteiger partial charge in [-0.1, -0.05) is 48.6 Å². The van der Waals surface area contributed by atoms with E-state index in [9.17, 15) is 9.59 Å². The summed E-state index contributed by atoms with van der Waals surface area (Å²) in [5.74, 6) is -0.152. The van der Waals surface area contributed by atoms with E-state index in [1.807, 2.05) is 50.2 Å². The van der Waals surface area contributed by atoms with Gasteiger partial charge in [0.2, 0.25) is 0 Å². The summed E-state index contributed by atoms with van der Waals surface area (Å²) in [6.45, 7) is 14.4. The molecular weight excluding hydrogens is 352 g/mol. The highest BCUT2D eigenvalue weighted by Gasteiger charge is 2.21. The number of rotatable bonds is 4. The molecule has 0 aromatic heterocycles. The summed E-state index contributed by atoms with van der Waals surface area (Å²) in [5.41, 5.74) is 2.59. The van der Waals surface area contributed by atoms with Crippen LogP contribution in [0.1, 0.15) is 25.0 Å². The van der Waals surface area contributed by atoms with Gasteiger partial charge >= 0.3 is 11.9 Å². The van der Waals surface area contributed by atoms with Crippen molar-refractivity contribution < 1.29 is 19.1 Å². The topological polar surface area (TPSA) is 52.6 Å². The first kappa shape index (κ1) is 19.4. The third-order valence-electron chi connectivity index (χ3n) is 4.42. The number of ether oxygens (including phenoxy) is 2. The Hall–Kier alpha value is -3.40. The van der Waals surface area contributed by atoms with Gasteiger partial charge in [0.1, 0.15) is 11.5 Å². The average molecular weight is 374 g/mol. The van der Waals surface area contributed by atoms with Crippen LogP contribution in [0.3, 0.4) is 0 Å². The number of benzene rings is 3. The lowest BCUT2D eigenvalue weighted by atomic mass is 9.97. The van der Waals surface area contributed by atoms with Crippen LogP contribution in [0.4, 0.5) is 0 Å². The van der Waals surface area contributed by atoms with Crippen LogP contribution in [0.2, 0.25) is 0 Å². The maximum atomic E-state index is 12.3. The molecule has 0 saturated carbocycles. The minimum atomic E-state index is -0.504. The van der Waals surface area contributed by atoms with Crippen molar-refractivity contribution in [3.63, 3.8) is 0 Å². The molecule has 4 heteroatoms. The van der Waals surface area contributed by atoms with E-state index in [-0.39, 0.29) is 0 Å². The van der Waals surface area contributed by atoms with Crippen molar-refractivity contribution in [1.29, 1.82) is 0 Å². The summed E-state index contributed by atoms with van der Waals surface area (Å²) in [5, 5.41) is 2.75. The van der Waals surface area contributed by atoms with Crippen molar-refractivity contribution in [1.82, 2.24) is 0 Å². The predicted molar refractivity (Wildman–Crippen MR) is 112 cm³/mol. The molecule has 0 heterocycles. The fourth-order valence-electron chi connectivity index (χ4n) is 2.96. The average Bonchev–Trinajstić information content (AvgIpc) is 2.63. The van der Waals surface area contributed by atoms with Crippen LogP contribution in [0.15, 0.2) is 60.7 Å². The zero-order chi connectivity index (χ0) is 20.6. The van der Waals surface area contributed by atoms with Gasteiger partial charge in [0.15, 0.2) is 0 Å². The van der Waals surface area contributed by atoms with E-state index in [4.69, 9.17) is 9.47 Å². The van der Waals surface area contributed by atoms with E-state index in [0.29, 0.717) is 44.2 Å². The maximum Gasteiger partial charge on any atom is 0.338 e. The summed E-state index contributed by atoms with van der Waals surface area (Å²) >= 11 is 0. The Kier molecular flexibility index (Phi) is 5.06. The summed E-state index contributed by atoms with van der Waals surface area (Å²) in [7, 11) is 0. The highest BCUT2D eigenvalue weighted by atomic mass is 16.5. The van der Waals surface area contributed by atoms with E-state index in [1.54, 1.807) is 13.8 Å². The zero-order valence-corrected chi connectivity index (χ0v) is 16.5. The molecule has 4 nitrogen and oxygen atoms in total. The molecule has 0 fully saturated rings. The number of carbonyl (C=O) groups excluding carboxylic acids is 2. The normalized spacial score (nSPS) is 10.7. The summed E-state index contributed by atoms with van der Waals surface area (Å²) in [4.78, 5) is 24.6. The monoisotopic (exact) mass is 374 g/mol. The molecule has 3 rings (SSSR count). The molecule has 28 heavy (non-hydrogen) atoms. The number of hydrogen-bond donors (Lipinski definition) is 0. The fraction of sp³-hybridized carbons (Fsp3) is 0.167. The van der Waals surface area contributed by atoms with Crippen LogP contribution in [-0.4, -0.2) is 11.9 Å². The number of fused-ring (bicyclic) bond motifs is 2. The predicted octanol–water partition coefficient (Wildman–Crippen LogP) is 5.57. The van der Waals surface area contributed by atoms with Gasteiger partial charge in [-0.3, -0.25) is 0 Å². The van der Waals surface area contributed by atoms with Crippen molar-refractivity contribution in [2.75, 3.05) is 0 Å². The lowest BCUT2D eigenvalue weighted by Crippen LogP contribution is -2.11. The molecule has 0 spiro atoms. The molecular formula is C24H22O4. The highest BCUT2D eigenvalue weighted by molar-refractivity contribution is 6.14. The molecule has 0 aliphatic heterocycles. The van der Waals surface area contributed by atoms with Crippen LogP contribution in [0, 0.1) is 13.8 Å². The van der Waals surface area contributed by atoms with Crippen molar-refractivity contribution in [3.05, 3.63) is 71.8 Å². The van der Waals surface area contributed by atoms with Crippen LogP contribution < -0.4 is 9.47 Å². The van der Waals surface area contributed by atoms with Gasteiger partial charge in [-0.15, -0.1) is 0 Å². The summed E-state index contributed by atoms with van der Waals surface area (Å²) < 4.78 is 11.4. The molecule has 3 aromatic carbocycles. The lowest BCUT2D eigenvalue weighted by molar-refractivity contribution is -0.130. The molecule has 0 N–H and O–H groups in total. The van der Waals surface area contributed by atoms with Gasteiger partial charge in [0, 0.05) is 32.7 Å². The van der Waals surface area contributed by atoms with E-state index < -0.39 is 11.9 Å². The SMILES string of the molecule is C=C(C)C(=O)Oc1c2ccc(C)cc2c(OC(=O)C(=C)C)c2cc(C)ccc12. The fourth-order valence-corrected chi connectivity index (χ4v) is 2.96. The van der Waals surface area contributed by atoms with Crippen LogP contribution >= 0.6 is 0 Å². The third kappa shape index (κ3) is 3.54. The maximum absolute atomic E-state index is 12.3. The van der Waals surface area contributed by atoms with E-state index in [2.05, 4.69) is 13.2 Å². The van der Waals surface area contributed by atoms with E-state index in [0.717, 1.165) is 11.1 Å².